The summed E-state index contributed by atoms with van der Waals surface area (Å²) in [5.74, 6) is 0.672. The van der Waals surface area contributed by atoms with Gasteiger partial charge in [-0.05, 0) is 50.8 Å². The third-order valence-corrected chi connectivity index (χ3v) is 4.53. The lowest BCUT2D eigenvalue weighted by Gasteiger charge is -2.36. The first kappa shape index (κ1) is 16.8. The summed E-state index contributed by atoms with van der Waals surface area (Å²) in [5.41, 5.74) is 2.13. The predicted octanol–water partition coefficient (Wildman–Crippen LogP) is 2.83. The predicted molar refractivity (Wildman–Crippen MR) is 87.0 cm³/mol. The van der Waals surface area contributed by atoms with E-state index in [9.17, 15) is 9.90 Å². The molecule has 1 amide bonds. The van der Waals surface area contributed by atoms with Crippen LogP contribution in [0.1, 0.15) is 43.7 Å². The fourth-order valence-electron chi connectivity index (χ4n) is 3.07. The molecule has 3 atom stereocenters. The van der Waals surface area contributed by atoms with Gasteiger partial charge in [0.1, 0.15) is 5.75 Å². The van der Waals surface area contributed by atoms with Gasteiger partial charge in [0.2, 0.25) is 0 Å². The highest BCUT2D eigenvalue weighted by molar-refractivity contribution is 5.81. The summed E-state index contributed by atoms with van der Waals surface area (Å²) in [7, 11) is 1.77. The van der Waals surface area contributed by atoms with Crippen molar-refractivity contribution in [3.8, 4) is 5.75 Å². The van der Waals surface area contributed by atoms with Gasteiger partial charge in [0.25, 0.3) is 5.91 Å². The largest absolute Gasteiger partial charge is 0.481 e. The van der Waals surface area contributed by atoms with Crippen LogP contribution in [0.25, 0.3) is 0 Å². The van der Waals surface area contributed by atoms with Gasteiger partial charge in [0, 0.05) is 7.05 Å². The Morgan fingerprint density at radius 1 is 1.32 bits per heavy atom. The van der Waals surface area contributed by atoms with Gasteiger partial charge in [-0.2, -0.15) is 0 Å². The van der Waals surface area contributed by atoms with E-state index in [1.165, 1.54) is 0 Å². The molecule has 1 aromatic rings. The Labute approximate surface area is 133 Å². The molecule has 2 rings (SSSR count). The number of aryl methyl sites for hydroxylation is 2. The quantitative estimate of drug-likeness (QED) is 0.930. The van der Waals surface area contributed by atoms with Gasteiger partial charge >= 0.3 is 0 Å². The van der Waals surface area contributed by atoms with E-state index in [2.05, 4.69) is 0 Å². The Bertz CT molecular complexity index is 529. The molecule has 0 radical (unpaired) electrons. The Hall–Kier alpha value is -1.55. The summed E-state index contributed by atoms with van der Waals surface area (Å²) >= 11 is 0. The third-order valence-electron chi connectivity index (χ3n) is 4.53. The van der Waals surface area contributed by atoms with E-state index in [1.54, 1.807) is 18.9 Å². The van der Waals surface area contributed by atoms with Crippen molar-refractivity contribution < 1.29 is 14.6 Å². The molecule has 122 valence electrons. The number of nitrogens with zero attached hydrogens (tertiary/aromatic N) is 1. The first-order chi connectivity index (χ1) is 10.4. The Kier molecular flexibility index (Phi) is 5.46. The minimum atomic E-state index is -0.556. The van der Waals surface area contributed by atoms with Crippen molar-refractivity contribution in [2.45, 2.75) is 64.7 Å². The molecule has 0 heterocycles. The Morgan fingerprint density at radius 3 is 2.68 bits per heavy atom. The van der Waals surface area contributed by atoms with Crippen LogP contribution in [-0.4, -0.2) is 41.2 Å². The van der Waals surface area contributed by atoms with E-state index < -0.39 is 12.2 Å². The van der Waals surface area contributed by atoms with Crippen LogP contribution in [0.2, 0.25) is 0 Å². The summed E-state index contributed by atoms with van der Waals surface area (Å²) in [6.07, 6.45) is 2.75. The molecule has 1 aliphatic rings. The van der Waals surface area contributed by atoms with Crippen LogP contribution in [0.5, 0.6) is 5.75 Å². The van der Waals surface area contributed by atoms with Gasteiger partial charge in [-0.1, -0.05) is 25.0 Å². The smallest absolute Gasteiger partial charge is 0.263 e. The number of carbonyl (C=O) groups excluding carboxylic acids is 1. The second-order valence-corrected chi connectivity index (χ2v) is 6.40. The highest BCUT2D eigenvalue weighted by Crippen LogP contribution is 2.24. The first-order valence-corrected chi connectivity index (χ1v) is 8.09. The number of hydrogen-bond acceptors (Lipinski definition) is 3. The average molecular weight is 305 g/mol. The van der Waals surface area contributed by atoms with Gasteiger partial charge in [0.05, 0.1) is 12.1 Å². The van der Waals surface area contributed by atoms with Gasteiger partial charge in [-0.15, -0.1) is 0 Å². The minimum Gasteiger partial charge on any atom is -0.481 e. The molecule has 0 saturated heterocycles. The highest BCUT2D eigenvalue weighted by atomic mass is 16.5. The minimum absolute atomic E-state index is 0.0770. The zero-order valence-corrected chi connectivity index (χ0v) is 14.0. The van der Waals surface area contributed by atoms with Crippen LogP contribution in [0, 0.1) is 13.8 Å². The van der Waals surface area contributed by atoms with Gasteiger partial charge in [0.15, 0.2) is 6.10 Å². The molecule has 4 nitrogen and oxygen atoms in total. The van der Waals surface area contributed by atoms with Crippen LogP contribution in [0.15, 0.2) is 18.2 Å². The zero-order chi connectivity index (χ0) is 16.3. The molecule has 0 bridgehead atoms. The molecule has 22 heavy (non-hydrogen) atoms. The number of amides is 1. The van der Waals surface area contributed by atoms with Crippen molar-refractivity contribution in [3.63, 3.8) is 0 Å². The maximum atomic E-state index is 12.6. The molecule has 1 aliphatic carbocycles. The molecule has 1 N–H and O–H groups in total. The van der Waals surface area contributed by atoms with Gasteiger partial charge in [-0.25, -0.2) is 0 Å². The first-order valence-electron chi connectivity index (χ1n) is 8.09. The molecule has 4 heteroatoms. The molecule has 0 unspecified atom stereocenters. The molecular formula is C18H27NO3. The average Bonchev–Trinajstić information content (AvgIpc) is 2.50. The lowest BCUT2D eigenvalue weighted by atomic mass is 9.91. The molecule has 1 saturated carbocycles. The second kappa shape index (κ2) is 7.14. The lowest BCUT2D eigenvalue weighted by Crippen LogP contribution is -2.50. The van der Waals surface area contributed by atoms with E-state index in [-0.39, 0.29) is 11.9 Å². The van der Waals surface area contributed by atoms with E-state index >= 15 is 0 Å². The van der Waals surface area contributed by atoms with E-state index in [0.29, 0.717) is 0 Å². The van der Waals surface area contributed by atoms with Crippen molar-refractivity contribution in [1.82, 2.24) is 4.90 Å². The highest BCUT2D eigenvalue weighted by Gasteiger charge is 2.32. The third kappa shape index (κ3) is 3.80. The van der Waals surface area contributed by atoms with Crippen LogP contribution < -0.4 is 4.74 Å². The van der Waals surface area contributed by atoms with Crippen molar-refractivity contribution >= 4 is 5.91 Å². The van der Waals surface area contributed by atoms with Gasteiger partial charge < -0.3 is 14.7 Å². The SMILES string of the molecule is Cc1ccc(C)c(O[C@@H](C)C(=O)N(C)[C@@H]2CCCC[C@H]2O)c1. The number of aliphatic hydroxyl groups excluding tert-OH is 1. The normalized spacial score (nSPS) is 23.0. The van der Waals surface area contributed by atoms with Crippen LogP contribution in [0.3, 0.4) is 0 Å². The number of carbonyl (C=O) groups is 1. The molecule has 0 spiro atoms. The van der Waals surface area contributed by atoms with Crippen molar-refractivity contribution in [2.75, 3.05) is 7.05 Å². The van der Waals surface area contributed by atoms with Crippen molar-refractivity contribution in [3.05, 3.63) is 29.3 Å². The summed E-state index contributed by atoms with van der Waals surface area (Å²) in [5, 5.41) is 10.1. The number of aliphatic hydroxyl groups is 1. The molecular weight excluding hydrogens is 278 g/mol. The molecule has 1 aromatic carbocycles. The van der Waals surface area contributed by atoms with Crippen LogP contribution >= 0.6 is 0 Å². The van der Waals surface area contributed by atoms with Crippen LogP contribution in [-0.2, 0) is 4.79 Å². The Balaban J connectivity index is 2.03. The van der Waals surface area contributed by atoms with E-state index in [0.717, 1.165) is 42.6 Å². The van der Waals surface area contributed by atoms with Crippen molar-refractivity contribution in [2.24, 2.45) is 0 Å². The topological polar surface area (TPSA) is 49.8 Å². The monoisotopic (exact) mass is 305 g/mol. The molecule has 0 aromatic heterocycles. The lowest BCUT2D eigenvalue weighted by molar-refractivity contribution is -0.142. The second-order valence-electron chi connectivity index (χ2n) is 6.40. The number of hydrogen-bond donors (Lipinski definition) is 1. The number of ether oxygens (including phenoxy) is 1. The number of likely N-dealkylation sites (N-methyl/N-ethyl adjacent to an activating group) is 1. The van der Waals surface area contributed by atoms with Gasteiger partial charge in [-0.3, -0.25) is 4.79 Å². The molecule has 1 fully saturated rings. The zero-order valence-electron chi connectivity index (χ0n) is 14.0. The number of benzene rings is 1. The Morgan fingerprint density at radius 2 is 2.00 bits per heavy atom. The summed E-state index contributed by atoms with van der Waals surface area (Å²) in [4.78, 5) is 14.2. The summed E-state index contributed by atoms with van der Waals surface area (Å²) in [6, 6.07) is 5.88. The fourth-order valence-corrected chi connectivity index (χ4v) is 3.07. The summed E-state index contributed by atoms with van der Waals surface area (Å²) in [6.45, 7) is 5.75. The fraction of sp³-hybridized carbons (Fsp3) is 0.611. The van der Waals surface area contributed by atoms with E-state index in [4.69, 9.17) is 4.74 Å². The van der Waals surface area contributed by atoms with E-state index in [1.807, 2.05) is 32.0 Å². The van der Waals surface area contributed by atoms with Crippen LogP contribution in [0.4, 0.5) is 0 Å². The summed E-state index contributed by atoms with van der Waals surface area (Å²) < 4.78 is 5.86. The maximum Gasteiger partial charge on any atom is 0.263 e. The molecule has 0 aliphatic heterocycles. The standard InChI is InChI=1S/C18H27NO3/c1-12-9-10-13(2)17(11-12)22-14(3)18(21)19(4)15-7-5-6-8-16(15)20/h9-11,14-16,20H,5-8H2,1-4H3/t14-,15+,16+/m0/s1. The van der Waals surface area contributed by atoms with Crippen molar-refractivity contribution in [1.29, 1.82) is 0 Å². The maximum absolute atomic E-state index is 12.6. The number of rotatable bonds is 4.